The van der Waals surface area contributed by atoms with Crippen LogP contribution in [0.15, 0.2) is 59.1 Å². The van der Waals surface area contributed by atoms with Crippen LogP contribution in [0.3, 0.4) is 0 Å². The van der Waals surface area contributed by atoms with Crippen molar-refractivity contribution in [1.29, 1.82) is 0 Å². The average molecular weight is 513 g/mol. The Morgan fingerprint density at radius 2 is 1.82 bits per heavy atom. The number of hydrogen-bond donors (Lipinski definition) is 2. The summed E-state index contributed by atoms with van der Waals surface area (Å²) < 4.78 is 5.45. The number of nitrogens with zero attached hydrogens (tertiary/aromatic N) is 4. The van der Waals surface area contributed by atoms with Crippen molar-refractivity contribution in [2.24, 2.45) is 11.3 Å². The van der Waals surface area contributed by atoms with Gasteiger partial charge < -0.3 is 19.6 Å². The molecule has 1 unspecified atom stereocenters. The SMILES string of the molecule is CC(C)C(C(=O)O)c1cc(N2CCC3(CC2)CC(c2ccc4nnc(-c5ccccc5O)cc4c2)C3)no1. The summed E-state index contributed by atoms with van der Waals surface area (Å²) in [4.78, 5) is 13.9. The van der Waals surface area contributed by atoms with E-state index < -0.39 is 11.9 Å². The van der Waals surface area contributed by atoms with Gasteiger partial charge in [-0.15, -0.1) is 10.2 Å². The zero-order valence-corrected chi connectivity index (χ0v) is 21.7. The van der Waals surface area contributed by atoms with Crippen molar-refractivity contribution in [1.82, 2.24) is 15.4 Å². The molecule has 1 spiro atoms. The highest BCUT2D eigenvalue weighted by atomic mass is 16.5. The number of anilines is 1. The molecule has 1 saturated heterocycles. The van der Waals surface area contributed by atoms with Crippen LogP contribution in [0.5, 0.6) is 5.75 Å². The number of piperidine rings is 1. The molecule has 8 heteroatoms. The molecule has 2 N–H and O–H groups in total. The molecule has 2 fully saturated rings. The lowest BCUT2D eigenvalue weighted by atomic mass is 9.56. The van der Waals surface area contributed by atoms with Crippen LogP contribution in [-0.2, 0) is 4.79 Å². The normalized spacial score (nSPS) is 18.1. The number of aliphatic carboxylic acids is 1. The van der Waals surface area contributed by atoms with Crippen LogP contribution in [-0.4, -0.2) is 44.6 Å². The first-order valence-corrected chi connectivity index (χ1v) is 13.3. The molecule has 2 aliphatic rings. The number of carbonyl (C=O) groups is 1. The molecule has 196 valence electrons. The Bertz CT molecular complexity index is 1480. The number of benzene rings is 2. The molecule has 0 amide bonds. The molecule has 1 aliphatic heterocycles. The molecular weight excluding hydrogens is 480 g/mol. The summed E-state index contributed by atoms with van der Waals surface area (Å²) in [5.41, 5.74) is 3.89. The van der Waals surface area contributed by atoms with E-state index in [9.17, 15) is 15.0 Å². The third kappa shape index (κ3) is 4.38. The zero-order valence-electron chi connectivity index (χ0n) is 21.7. The molecule has 2 aromatic carbocycles. The third-order valence-corrected chi connectivity index (χ3v) is 8.52. The highest BCUT2D eigenvalue weighted by Crippen LogP contribution is 2.57. The Kier molecular flexibility index (Phi) is 6.05. The lowest BCUT2D eigenvalue weighted by Crippen LogP contribution is -2.46. The van der Waals surface area contributed by atoms with E-state index in [4.69, 9.17) is 4.52 Å². The number of phenolic OH excluding ortho intramolecular Hbond substituents is 1. The molecule has 6 rings (SSSR count). The lowest BCUT2D eigenvalue weighted by Gasteiger charge is -2.52. The Balaban J connectivity index is 1.11. The van der Waals surface area contributed by atoms with E-state index in [0.29, 0.717) is 28.4 Å². The number of para-hydroxylation sites is 1. The molecule has 1 saturated carbocycles. The van der Waals surface area contributed by atoms with Gasteiger partial charge >= 0.3 is 5.97 Å². The second kappa shape index (κ2) is 9.42. The second-order valence-corrected chi connectivity index (χ2v) is 11.3. The second-order valence-electron chi connectivity index (χ2n) is 11.3. The molecule has 38 heavy (non-hydrogen) atoms. The fourth-order valence-corrected chi connectivity index (χ4v) is 6.29. The Morgan fingerprint density at radius 3 is 2.53 bits per heavy atom. The molecule has 1 aliphatic carbocycles. The van der Waals surface area contributed by atoms with E-state index >= 15 is 0 Å². The maximum Gasteiger partial charge on any atom is 0.314 e. The van der Waals surface area contributed by atoms with Gasteiger partial charge in [-0.1, -0.05) is 37.2 Å². The number of carboxylic acid groups (broad SMARTS) is 1. The number of carboxylic acids is 1. The minimum absolute atomic E-state index is 0.0657. The van der Waals surface area contributed by atoms with E-state index in [1.807, 2.05) is 44.2 Å². The fraction of sp³-hybridized carbons (Fsp3) is 0.400. The van der Waals surface area contributed by atoms with E-state index in [0.717, 1.165) is 55.5 Å². The highest BCUT2D eigenvalue weighted by Gasteiger charge is 2.46. The van der Waals surface area contributed by atoms with Gasteiger partial charge in [0.2, 0.25) is 0 Å². The molecule has 3 heterocycles. The number of rotatable bonds is 6. The molecule has 1 atom stereocenters. The number of fused-ring (bicyclic) bond motifs is 1. The molecule has 8 nitrogen and oxygen atoms in total. The minimum atomic E-state index is -0.879. The summed E-state index contributed by atoms with van der Waals surface area (Å²) in [5, 5.41) is 33.7. The van der Waals surface area contributed by atoms with Gasteiger partial charge in [-0.25, -0.2) is 0 Å². The Hall–Kier alpha value is -3.94. The van der Waals surface area contributed by atoms with Crippen LogP contribution in [0.1, 0.15) is 62.7 Å². The summed E-state index contributed by atoms with van der Waals surface area (Å²) in [5.74, 6) is 0.274. The van der Waals surface area contributed by atoms with Crippen molar-refractivity contribution in [2.45, 2.75) is 51.4 Å². The number of aromatic hydroxyl groups is 1. The predicted octanol–water partition coefficient (Wildman–Crippen LogP) is 5.98. The summed E-state index contributed by atoms with van der Waals surface area (Å²) in [6.07, 6.45) is 4.51. The van der Waals surface area contributed by atoms with Crippen molar-refractivity contribution < 1.29 is 19.5 Å². The Morgan fingerprint density at radius 1 is 1.05 bits per heavy atom. The third-order valence-electron chi connectivity index (χ3n) is 8.52. The summed E-state index contributed by atoms with van der Waals surface area (Å²) in [6, 6.07) is 17.5. The van der Waals surface area contributed by atoms with E-state index in [1.165, 1.54) is 5.56 Å². The summed E-state index contributed by atoms with van der Waals surface area (Å²) >= 11 is 0. The molecular formula is C30H32N4O4. The van der Waals surface area contributed by atoms with Gasteiger partial charge in [-0.05, 0) is 78.8 Å². The van der Waals surface area contributed by atoms with Crippen LogP contribution < -0.4 is 4.90 Å². The van der Waals surface area contributed by atoms with Crippen molar-refractivity contribution >= 4 is 22.7 Å². The number of hydrogen-bond acceptors (Lipinski definition) is 7. The van der Waals surface area contributed by atoms with E-state index in [2.05, 4.69) is 32.4 Å². The maximum absolute atomic E-state index is 11.7. The fourth-order valence-electron chi connectivity index (χ4n) is 6.29. The van der Waals surface area contributed by atoms with Gasteiger partial charge in [-0.3, -0.25) is 4.79 Å². The van der Waals surface area contributed by atoms with Crippen LogP contribution in [0.2, 0.25) is 0 Å². The first-order chi connectivity index (χ1) is 18.3. The first-order valence-electron chi connectivity index (χ1n) is 13.3. The van der Waals surface area contributed by atoms with Gasteiger partial charge in [0.25, 0.3) is 0 Å². The van der Waals surface area contributed by atoms with Gasteiger partial charge in [-0.2, -0.15) is 0 Å². The lowest BCUT2D eigenvalue weighted by molar-refractivity contribution is -0.140. The van der Waals surface area contributed by atoms with Gasteiger partial charge in [0.15, 0.2) is 11.6 Å². The number of aromatic nitrogens is 3. The first kappa shape index (κ1) is 24.4. The van der Waals surface area contributed by atoms with Gasteiger partial charge in [0.05, 0.1) is 11.2 Å². The average Bonchev–Trinajstić information content (AvgIpc) is 3.36. The van der Waals surface area contributed by atoms with Crippen LogP contribution in [0, 0.1) is 11.3 Å². The van der Waals surface area contributed by atoms with Gasteiger partial charge in [0.1, 0.15) is 11.7 Å². The topological polar surface area (TPSA) is 113 Å². The van der Waals surface area contributed by atoms with Crippen molar-refractivity contribution in [2.75, 3.05) is 18.0 Å². The maximum atomic E-state index is 11.7. The van der Waals surface area contributed by atoms with Crippen molar-refractivity contribution in [3.05, 3.63) is 65.9 Å². The van der Waals surface area contributed by atoms with E-state index in [-0.39, 0.29) is 11.7 Å². The molecule has 4 aromatic rings. The molecule has 0 bridgehead atoms. The van der Waals surface area contributed by atoms with Crippen molar-refractivity contribution in [3.8, 4) is 17.0 Å². The van der Waals surface area contributed by atoms with Crippen LogP contribution >= 0.6 is 0 Å². The quantitative estimate of drug-likeness (QED) is 0.324. The predicted molar refractivity (Wildman–Crippen MR) is 144 cm³/mol. The van der Waals surface area contributed by atoms with Crippen LogP contribution in [0.25, 0.3) is 22.2 Å². The summed E-state index contributed by atoms with van der Waals surface area (Å²) in [6.45, 7) is 5.56. The number of phenols is 1. The smallest absolute Gasteiger partial charge is 0.314 e. The van der Waals surface area contributed by atoms with Crippen molar-refractivity contribution in [3.63, 3.8) is 0 Å². The summed E-state index contributed by atoms with van der Waals surface area (Å²) in [7, 11) is 0. The van der Waals surface area contributed by atoms with Gasteiger partial charge in [0, 0.05) is 30.1 Å². The van der Waals surface area contributed by atoms with E-state index in [1.54, 1.807) is 12.1 Å². The van der Waals surface area contributed by atoms with Crippen LogP contribution in [0.4, 0.5) is 5.82 Å². The Labute approximate surface area is 221 Å². The zero-order chi connectivity index (χ0) is 26.4. The molecule has 0 radical (unpaired) electrons. The standard InChI is InChI=1S/C30H32N4O4/c1-18(2)28(29(36)37)26-15-27(33-38-26)34-11-9-30(10-12-34)16-21(17-30)19-7-8-23-20(13-19)14-24(32-31-23)22-5-3-4-6-25(22)35/h3-8,13-15,18,21,28,35H,9-12,16-17H2,1-2H3,(H,36,37). The largest absolute Gasteiger partial charge is 0.507 e. The molecule has 2 aromatic heterocycles. The monoisotopic (exact) mass is 512 g/mol. The minimum Gasteiger partial charge on any atom is -0.507 e. The highest BCUT2D eigenvalue weighted by molar-refractivity contribution is 5.83.